The van der Waals surface area contributed by atoms with Crippen LogP contribution in [0.1, 0.15) is 18.4 Å². The average Bonchev–Trinajstić information content (AvgIpc) is 2.56. The lowest BCUT2D eigenvalue weighted by molar-refractivity contribution is -0.150. The molecule has 0 saturated heterocycles. The molecule has 0 amide bonds. The van der Waals surface area contributed by atoms with Crippen molar-refractivity contribution in [1.82, 2.24) is 0 Å². The minimum Gasteiger partial charge on any atom is -0.458 e. The summed E-state index contributed by atoms with van der Waals surface area (Å²) in [5, 5.41) is 12.3. The van der Waals surface area contributed by atoms with E-state index in [9.17, 15) is 4.79 Å². The summed E-state index contributed by atoms with van der Waals surface area (Å²) >= 11 is 5.70. The van der Waals surface area contributed by atoms with Crippen molar-refractivity contribution in [3.8, 4) is 6.07 Å². The Morgan fingerprint density at radius 2 is 2.14 bits per heavy atom. The summed E-state index contributed by atoms with van der Waals surface area (Å²) < 4.78 is 5.03. The van der Waals surface area contributed by atoms with Crippen molar-refractivity contribution < 1.29 is 14.4 Å². The molecule has 0 bridgehead atoms. The van der Waals surface area contributed by atoms with Gasteiger partial charge in [-0.15, -0.1) is 11.6 Å². The highest BCUT2D eigenvalue weighted by Crippen LogP contribution is 2.02. The second kappa shape index (κ2) is 10.6. The number of oxime groups is 1. The molecule has 0 fully saturated rings. The fourth-order valence-corrected chi connectivity index (χ4v) is 1.66. The van der Waals surface area contributed by atoms with Gasteiger partial charge in [0, 0.05) is 0 Å². The number of carbonyl (C=O) groups is 1. The molecule has 6 nitrogen and oxygen atoms in total. The van der Waals surface area contributed by atoms with Gasteiger partial charge in [-0.1, -0.05) is 35.5 Å². The van der Waals surface area contributed by atoms with Crippen LogP contribution < -0.4 is 5.73 Å². The number of hydrogen-bond donors (Lipinski definition) is 1. The molecule has 22 heavy (non-hydrogen) atoms. The summed E-state index contributed by atoms with van der Waals surface area (Å²) in [4.78, 5) is 16.4. The van der Waals surface area contributed by atoms with E-state index in [1.165, 1.54) is 0 Å². The molecule has 0 heterocycles. The molecule has 2 N–H and O–H groups in total. The first-order valence-corrected chi connectivity index (χ1v) is 7.27. The number of rotatable bonds is 9. The van der Waals surface area contributed by atoms with Crippen molar-refractivity contribution in [2.75, 3.05) is 12.5 Å². The normalized spacial score (nSPS) is 12.3. The second-order valence-corrected chi connectivity index (χ2v) is 4.75. The van der Waals surface area contributed by atoms with Crippen LogP contribution in [0.4, 0.5) is 0 Å². The van der Waals surface area contributed by atoms with E-state index in [0.717, 1.165) is 5.56 Å². The number of ether oxygens (including phenoxy) is 1. The third-order valence-electron chi connectivity index (χ3n) is 2.68. The van der Waals surface area contributed by atoms with Crippen LogP contribution in [0, 0.1) is 11.3 Å². The topological polar surface area (TPSA) is 97.7 Å². The molecular formula is C15H18ClN3O3. The van der Waals surface area contributed by atoms with Crippen molar-refractivity contribution in [3.63, 3.8) is 0 Å². The number of hydrogen-bond acceptors (Lipinski definition) is 6. The van der Waals surface area contributed by atoms with Crippen molar-refractivity contribution >= 4 is 23.3 Å². The summed E-state index contributed by atoms with van der Waals surface area (Å²) in [6, 6.07) is 10.7. The summed E-state index contributed by atoms with van der Waals surface area (Å²) in [5.74, 6) is -0.368. The minimum atomic E-state index is -0.566. The number of esters is 1. The Morgan fingerprint density at radius 3 is 2.77 bits per heavy atom. The van der Waals surface area contributed by atoms with E-state index in [0.29, 0.717) is 18.6 Å². The van der Waals surface area contributed by atoms with E-state index in [1.54, 1.807) is 0 Å². The molecule has 0 spiro atoms. The minimum absolute atomic E-state index is 0.150. The standard InChI is InChI=1S/C15H18ClN3O3/c16-8-14(7-6-13(18)9-17)19-22-11-15(20)21-10-12-4-2-1-3-5-12/h1-5,13H,6-8,10-11,18H2/t13-/m0/s1. The average molecular weight is 324 g/mol. The lowest BCUT2D eigenvalue weighted by atomic mass is 10.1. The fourth-order valence-electron chi connectivity index (χ4n) is 1.48. The maximum absolute atomic E-state index is 11.5. The van der Waals surface area contributed by atoms with Crippen molar-refractivity contribution in [2.24, 2.45) is 10.9 Å². The number of carbonyl (C=O) groups excluding carboxylic acids is 1. The van der Waals surface area contributed by atoms with Gasteiger partial charge in [-0.25, -0.2) is 4.79 Å². The summed E-state index contributed by atoms with van der Waals surface area (Å²) in [5.41, 5.74) is 6.90. The zero-order valence-electron chi connectivity index (χ0n) is 12.1. The van der Waals surface area contributed by atoms with Crippen LogP contribution >= 0.6 is 11.6 Å². The number of nitrogens with two attached hydrogens (primary N) is 1. The molecule has 0 aliphatic heterocycles. The number of alkyl halides is 1. The van der Waals surface area contributed by atoms with Crippen LogP contribution in [0.25, 0.3) is 0 Å². The molecule has 0 aliphatic rings. The molecule has 0 radical (unpaired) electrons. The molecule has 0 aliphatic carbocycles. The van der Waals surface area contributed by atoms with E-state index in [-0.39, 0.29) is 19.1 Å². The van der Waals surface area contributed by atoms with E-state index < -0.39 is 12.0 Å². The molecule has 0 saturated carbocycles. The van der Waals surface area contributed by atoms with Gasteiger partial charge in [0.15, 0.2) is 0 Å². The molecule has 0 aromatic heterocycles. The van der Waals surface area contributed by atoms with Gasteiger partial charge in [-0.3, -0.25) is 0 Å². The van der Waals surface area contributed by atoms with Gasteiger partial charge in [0.2, 0.25) is 6.61 Å². The van der Waals surface area contributed by atoms with E-state index in [1.807, 2.05) is 36.4 Å². The van der Waals surface area contributed by atoms with E-state index in [4.69, 9.17) is 32.2 Å². The first-order chi connectivity index (χ1) is 10.7. The van der Waals surface area contributed by atoms with Gasteiger partial charge < -0.3 is 15.3 Å². The number of benzene rings is 1. The van der Waals surface area contributed by atoms with E-state index in [2.05, 4.69) is 5.16 Å². The second-order valence-electron chi connectivity index (χ2n) is 4.49. The van der Waals surface area contributed by atoms with Gasteiger partial charge in [0.1, 0.15) is 6.61 Å². The SMILES string of the molecule is N#C[C@@H](N)CCC(CCl)=NOCC(=O)OCc1ccccc1. The fraction of sp³-hybridized carbons (Fsp3) is 0.400. The smallest absolute Gasteiger partial charge is 0.347 e. The maximum atomic E-state index is 11.5. The van der Waals surface area contributed by atoms with Crippen LogP contribution in [0.5, 0.6) is 0 Å². The monoisotopic (exact) mass is 323 g/mol. The van der Waals surface area contributed by atoms with Crippen molar-refractivity contribution in [3.05, 3.63) is 35.9 Å². The van der Waals surface area contributed by atoms with Gasteiger partial charge >= 0.3 is 5.97 Å². The summed E-state index contributed by atoms with van der Waals surface area (Å²) in [7, 11) is 0. The lowest BCUT2D eigenvalue weighted by Crippen LogP contribution is -2.19. The Balaban J connectivity index is 2.27. The predicted molar refractivity (Wildman–Crippen MR) is 83.2 cm³/mol. The number of nitriles is 1. The van der Waals surface area contributed by atoms with Crippen LogP contribution in [0.3, 0.4) is 0 Å². The molecular weight excluding hydrogens is 306 g/mol. The lowest BCUT2D eigenvalue weighted by Gasteiger charge is -2.06. The Bertz CT molecular complexity index is 529. The first kappa shape index (κ1) is 18.0. The highest BCUT2D eigenvalue weighted by atomic mass is 35.5. The molecule has 1 rings (SSSR count). The zero-order valence-corrected chi connectivity index (χ0v) is 12.8. The molecule has 7 heteroatoms. The Hall–Kier alpha value is -2.10. The third kappa shape index (κ3) is 7.62. The number of nitrogens with zero attached hydrogens (tertiary/aromatic N) is 2. The van der Waals surface area contributed by atoms with Crippen LogP contribution in [0.15, 0.2) is 35.5 Å². The maximum Gasteiger partial charge on any atom is 0.347 e. The van der Waals surface area contributed by atoms with Gasteiger partial charge in [0.25, 0.3) is 0 Å². The molecule has 0 unspecified atom stereocenters. The van der Waals surface area contributed by atoms with Crippen molar-refractivity contribution in [1.29, 1.82) is 5.26 Å². The first-order valence-electron chi connectivity index (χ1n) is 6.74. The Kier molecular flexibility index (Phi) is 8.65. The Morgan fingerprint density at radius 1 is 1.41 bits per heavy atom. The summed E-state index contributed by atoms with van der Waals surface area (Å²) in [6.45, 7) is -0.107. The molecule has 1 atom stereocenters. The van der Waals surface area contributed by atoms with Crippen LogP contribution in [-0.4, -0.2) is 30.2 Å². The predicted octanol–water partition coefficient (Wildman–Crippen LogP) is 1.97. The highest BCUT2D eigenvalue weighted by Gasteiger charge is 2.07. The molecule has 1 aromatic carbocycles. The van der Waals surface area contributed by atoms with Gasteiger partial charge in [0.05, 0.1) is 23.7 Å². The quantitative estimate of drug-likeness (QED) is 0.324. The summed E-state index contributed by atoms with van der Waals surface area (Å²) in [6.07, 6.45) is 0.876. The molecule has 1 aromatic rings. The Labute approximate surface area is 134 Å². The van der Waals surface area contributed by atoms with Crippen LogP contribution in [-0.2, 0) is 21.0 Å². The zero-order chi connectivity index (χ0) is 16.2. The van der Waals surface area contributed by atoms with E-state index >= 15 is 0 Å². The third-order valence-corrected chi connectivity index (χ3v) is 2.99. The van der Waals surface area contributed by atoms with Crippen molar-refractivity contribution in [2.45, 2.75) is 25.5 Å². The van der Waals surface area contributed by atoms with Gasteiger partial charge in [-0.05, 0) is 18.4 Å². The number of halogens is 1. The highest BCUT2D eigenvalue weighted by molar-refractivity contribution is 6.28. The van der Waals surface area contributed by atoms with Crippen LogP contribution in [0.2, 0.25) is 0 Å². The molecule has 118 valence electrons. The van der Waals surface area contributed by atoms with Gasteiger partial charge in [-0.2, -0.15) is 5.26 Å². The largest absolute Gasteiger partial charge is 0.458 e.